The van der Waals surface area contributed by atoms with E-state index in [9.17, 15) is 0 Å². The molecule has 0 aromatic carbocycles. The summed E-state index contributed by atoms with van der Waals surface area (Å²) in [6.45, 7) is 2.13. The van der Waals surface area contributed by atoms with Crippen molar-refractivity contribution >= 4 is 43.4 Å². The predicted molar refractivity (Wildman–Crippen MR) is 38.8 cm³/mol. The topological polar surface area (TPSA) is 76.1 Å². The second kappa shape index (κ2) is 35.7. The molecule has 0 saturated heterocycles. The molecule has 0 amide bonds. The molecular formula is C3H10BMgO3S. The summed E-state index contributed by atoms with van der Waals surface area (Å²) in [5.74, 6) is 1.12. The summed E-state index contributed by atoms with van der Waals surface area (Å²) in [7, 11) is -0.500. The molecule has 0 saturated carbocycles. The molecule has 0 bridgehead atoms. The number of hydrogen-bond acceptors (Lipinski definition) is 3. The van der Waals surface area contributed by atoms with Crippen LogP contribution in [-0.4, -0.2) is 42.0 Å². The second-order valence-corrected chi connectivity index (χ2v) is 1.35. The molecule has 0 aromatic heterocycles. The zero-order valence-corrected chi connectivity index (χ0v) is 7.88. The summed E-state index contributed by atoms with van der Waals surface area (Å²) >= 11 is 3.29. The van der Waals surface area contributed by atoms with E-state index in [-0.39, 0.29) is 28.5 Å². The van der Waals surface area contributed by atoms with Crippen LogP contribution in [0.2, 0.25) is 0 Å². The Hall–Kier alpha value is 1.06. The summed E-state index contributed by atoms with van der Waals surface area (Å²) in [5.41, 5.74) is 0. The molecule has 51 valence electrons. The van der Waals surface area contributed by atoms with Crippen molar-refractivity contribution in [2.75, 3.05) is 5.75 Å². The fraction of sp³-hybridized carbons (Fsp3) is 1.00. The van der Waals surface area contributed by atoms with Gasteiger partial charge in [0.2, 0.25) is 0 Å². The molecule has 1 radical (unpaired) electrons. The van der Waals surface area contributed by atoms with Gasteiger partial charge in [0.05, 0.1) is 0 Å². The third-order valence-electron chi connectivity index (χ3n) is 0.250. The van der Waals surface area contributed by atoms with Crippen molar-refractivity contribution in [1.29, 1.82) is 0 Å². The van der Waals surface area contributed by atoms with E-state index in [0.717, 1.165) is 5.75 Å². The van der Waals surface area contributed by atoms with Crippen LogP contribution in [0.15, 0.2) is 0 Å². The summed E-state index contributed by atoms with van der Waals surface area (Å²) in [5, 5.41) is 16.5. The summed E-state index contributed by atoms with van der Waals surface area (Å²) in [6.07, 6.45) is 1.23. The van der Waals surface area contributed by atoms with E-state index in [1.165, 1.54) is 6.42 Å². The summed E-state index contributed by atoms with van der Waals surface area (Å²) in [6, 6.07) is 0. The van der Waals surface area contributed by atoms with E-state index in [2.05, 4.69) is 19.6 Å². The average Bonchev–Trinajstić information content (AvgIpc) is 1.69. The van der Waals surface area contributed by atoms with Crippen LogP contribution >= 0.6 is 0 Å². The molecular weight excluding hydrogens is 151 g/mol. The van der Waals surface area contributed by atoms with Gasteiger partial charge >= 0.3 is 23.1 Å². The van der Waals surface area contributed by atoms with Crippen molar-refractivity contribution in [2.45, 2.75) is 13.3 Å². The van der Waals surface area contributed by atoms with Crippen LogP contribution in [0, 0.1) is 0 Å². The number of hydrogen-bond donors (Lipinski definition) is 0. The van der Waals surface area contributed by atoms with Gasteiger partial charge < -0.3 is 15.5 Å². The Kier molecular flexibility index (Phi) is 89.2. The summed E-state index contributed by atoms with van der Waals surface area (Å²) in [4.78, 5) is 0. The van der Waals surface area contributed by atoms with Crippen molar-refractivity contribution in [1.82, 2.24) is 0 Å². The monoisotopic (exact) mass is 161 g/mol. The van der Waals surface area contributed by atoms with E-state index < -0.39 is 7.69 Å². The van der Waals surface area contributed by atoms with Crippen molar-refractivity contribution < 1.29 is 15.5 Å². The zero-order chi connectivity index (χ0) is 6.12. The van der Waals surface area contributed by atoms with Gasteiger partial charge in [-0.1, -0.05) is 6.92 Å². The first-order chi connectivity index (χ1) is 3.33. The maximum absolute atomic E-state index is 8.25. The maximum atomic E-state index is 8.25. The second-order valence-electron chi connectivity index (χ2n) is 0.846. The normalized spacial score (nSPS) is 4.89. The fourth-order valence-electron chi connectivity index (χ4n) is 0. The minimum atomic E-state index is -0.500. The van der Waals surface area contributed by atoms with Crippen LogP contribution in [0.5, 0.6) is 0 Å². The molecule has 0 aliphatic rings. The van der Waals surface area contributed by atoms with Crippen molar-refractivity contribution in [3.05, 3.63) is 0 Å². The fourth-order valence-corrected chi connectivity index (χ4v) is 0. The quantitative estimate of drug-likeness (QED) is 0.306. The Morgan fingerprint density at radius 3 is 1.56 bits per heavy atom. The molecule has 0 heterocycles. The number of rotatable bonds is 1. The van der Waals surface area contributed by atoms with Crippen molar-refractivity contribution in [2.24, 2.45) is 0 Å². The summed E-state index contributed by atoms with van der Waals surface area (Å²) < 4.78 is 0. The van der Waals surface area contributed by atoms with Gasteiger partial charge in [0.15, 0.2) is 0 Å². The van der Waals surface area contributed by atoms with E-state index in [1.54, 1.807) is 0 Å². The van der Waals surface area contributed by atoms with Crippen LogP contribution in [0.3, 0.4) is 0 Å². The van der Waals surface area contributed by atoms with E-state index in [0.29, 0.717) is 0 Å². The van der Waals surface area contributed by atoms with Gasteiger partial charge in [0, 0.05) is 0 Å². The van der Waals surface area contributed by atoms with Gasteiger partial charge in [0.25, 0.3) is 0 Å². The van der Waals surface area contributed by atoms with Gasteiger partial charge in [-0.05, 0) is 19.0 Å². The Morgan fingerprint density at radius 2 is 1.56 bits per heavy atom. The van der Waals surface area contributed by atoms with Crippen LogP contribution in [0.1, 0.15) is 13.3 Å². The van der Waals surface area contributed by atoms with Crippen LogP contribution in [-0.2, 0) is 12.6 Å². The molecule has 0 spiro atoms. The third-order valence-corrected chi connectivity index (χ3v) is 0.750. The van der Waals surface area contributed by atoms with E-state index in [4.69, 9.17) is 10.0 Å². The van der Waals surface area contributed by atoms with Crippen molar-refractivity contribution in [3.63, 3.8) is 0 Å². The van der Waals surface area contributed by atoms with Gasteiger partial charge in [-0.2, -0.15) is 0 Å². The molecule has 0 unspecified atom stereocenters. The molecule has 0 aliphatic heterocycles. The Balaban J connectivity index is -0.0000000233. The molecule has 0 fully saturated rings. The molecule has 1 N–H and O–H groups in total. The Labute approximate surface area is 78.0 Å². The van der Waals surface area contributed by atoms with Crippen LogP contribution < -0.4 is 10.0 Å². The average molecular weight is 161 g/mol. The molecule has 3 nitrogen and oxygen atoms in total. The molecule has 0 aliphatic carbocycles. The first kappa shape index (κ1) is 22.5. The Morgan fingerprint density at radius 1 is 1.44 bits per heavy atom. The van der Waals surface area contributed by atoms with Crippen molar-refractivity contribution in [3.8, 4) is 0 Å². The molecule has 0 atom stereocenters. The van der Waals surface area contributed by atoms with Gasteiger partial charge in [-0.3, -0.25) is 0 Å². The Bertz CT molecular complexity index is 26.5. The molecule has 0 aromatic rings. The first-order valence-corrected chi connectivity index (χ1v) is 2.74. The molecule has 9 heavy (non-hydrogen) atoms. The van der Waals surface area contributed by atoms with Gasteiger partial charge in [-0.25, -0.2) is 7.69 Å². The molecule has 0 rings (SSSR count). The van der Waals surface area contributed by atoms with E-state index >= 15 is 0 Å². The minimum absolute atomic E-state index is 0. The van der Waals surface area contributed by atoms with Crippen LogP contribution in [0.4, 0.5) is 0 Å². The first-order valence-electron chi connectivity index (χ1n) is 2.03. The minimum Gasteiger partial charge on any atom is -0.900 e. The zero-order valence-electron chi connectivity index (χ0n) is 5.46. The van der Waals surface area contributed by atoms with E-state index in [1.807, 2.05) is 0 Å². The maximum Gasteiger partial charge on any atom is 2.00 e. The van der Waals surface area contributed by atoms with Gasteiger partial charge in [0.1, 0.15) is 5.75 Å². The van der Waals surface area contributed by atoms with Crippen LogP contribution in [0.25, 0.3) is 0 Å². The smallest absolute Gasteiger partial charge is 0.900 e. The SMILES string of the molecule is CCC[SH2+].[Mg+2].[O-][B][O-].[OH-]. The molecule has 6 heteroatoms. The van der Waals surface area contributed by atoms with Gasteiger partial charge in [-0.15, -0.1) is 0 Å². The largest absolute Gasteiger partial charge is 2.00 e. The standard InChI is InChI=1S/C3H8S.BO2.Mg.H2O/c1-2-3-4;2-1-3;;/h4H,2-3H2,1H3;;;1H2/q;-2;+2;. The predicted octanol–water partition coefficient (Wildman–Crippen LogP) is -2.91. The third kappa shape index (κ3) is 106.